The molecule has 10 heteroatoms. The molecule has 0 N–H and O–H groups in total. The average molecular weight is 648 g/mol. The van der Waals surface area contributed by atoms with Crippen LogP contribution in [0.25, 0.3) is 6.08 Å². The maximum Gasteiger partial charge on any atom is 0.270 e. The highest BCUT2D eigenvalue weighted by molar-refractivity contribution is 9.11. The van der Waals surface area contributed by atoms with E-state index < -0.39 is 0 Å². The molecule has 0 aliphatic carbocycles. The molecule has 1 aliphatic heterocycles. The molecular formula is C23H12Br2Cl2FNO2S2. The molecule has 1 fully saturated rings. The molecule has 1 amide bonds. The highest BCUT2D eigenvalue weighted by Gasteiger charge is 2.33. The first-order valence-electron chi connectivity index (χ1n) is 9.32. The van der Waals surface area contributed by atoms with Crippen molar-refractivity contribution in [1.82, 2.24) is 0 Å². The number of rotatable bonds is 5. The summed E-state index contributed by atoms with van der Waals surface area (Å²) in [4.78, 5) is 14.9. The van der Waals surface area contributed by atoms with Crippen LogP contribution < -0.4 is 9.64 Å². The van der Waals surface area contributed by atoms with E-state index in [0.29, 0.717) is 39.7 Å². The molecule has 0 spiro atoms. The fourth-order valence-corrected chi connectivity index (χ4v) is 6.04. The second kappa shape index (κ2) is 10.5. The van der Waals surface area contributed by atoms with Crippen LogP contribution in [-0.4, -0.2) is 10.2 Å². The van der Waals surface area contributed by atoms with Crippen LogP contribution in [0.1, 0.15) is 11.1 Å². The Balaban J connectivity index is 1.55. The zero-order valence-corrected chi connectivity index (χ0v) is 22.8. The van der Waals surface area contributed by atoms with Crippen LogP contribution >= 0.6 is 79.0 Å². The van der Waals surface area contributed by atoms with Crippen molar-refractivity contribution in [1.29, 1.82) is 0 Å². The summed E-state index contributed by atoms with van der Waals surface area (Å²) >= 11 is 25.8. The fraction of sp³-hybridized carbons (Fsp3) is 0.0435. The van der Waals surface area contributed by atoms with Gasteiger partial charge >= 0.3 is 0 Å². The lowest BCUT2D eigenvalue weighted by atomic mass is 10.2. The Hall–Kier alpha value is -1.42. The van der Waals surface area contributed by atoms with Gasteiger partial charge in [-0.15, -0.1) is 0 Å². The number of ether oxygens (including phenoxy) is 1. The van der Waals surface area contributed by atoms with Gasteiger partial charge in [0.15, 0.2) is 4.32 Å². The number of nitrogens with zero attached hydrogens (tertiary/aromatic N) is 1. The van der Waals surface area contributed by atoms with E-state index in [1.807, 2.05) is 12.1 Å². The summed E-state index contributed by atoms with van der Waals surface area (Å²) in [5.41, 5.74) is 2.17. The SMILES string of the molecule is O=C1/C(=C/c2cc(Br)c(OCc3ccc(F)cc3)c(Br)c2)SC(=S)N1c1ccc(Cl)c(Cl)c1. The summed E-state index contributed by atoms with van der Waals surface area (Å²) in [6, 6.07) is 14.7. The third-order valence-electron chi connectivity index (χ3n) is 4.57. The lowest BCUT2D eigenvalue weighted by Crippen LogP contribution is -2.27. The number of benzene rings is 3. The van der Waals surface area contributed by atoms with E-state index in [1.165, 1.54) is 28.8 Å². The first-order valence-corrected chi connectivity index (χ1v) is 12.9. The van der Waals surface area contributed by atoms with Crippen LogP contribution in [0.2, 0.25) is 10.0 Å². The van der Waals surface area contributed by atoms with Crippen LogP contribution in [-0.2, 0) is 11.4 Å². The van der Waals surface area contributed by atoms with E-state index in [2.05, 4.69) is 31.9 Å². The van der Waals surface area contributed by atoms with Gasteiger partial charge in [-0.05, 0) is 91.5 Å². The summed E-state index contributed by atoms with van der Waals surface area (Å²) < 4.78 is 20.8. The molecule has 3 nitrogen and oxygen atoms in total. The van der Waals surface area contributed by atoms with Crippen LogP contribution in [0, 0.1) is 5.82 Å². The third-order valence-corrected chi connectivity index (χ3v) is 7.79. The molecule has 3 aromatic rings. The zero-order chi connectivity index (χ0) is 23.7. The van der Waals surface area contributed by atoms with Gasteiger partial charge in [-0.3, -0.25) is 9.69 Å². The van der Waals surface area contributed by atoms with Gasteiger partial charge in [-0.1, -0.05) is 59.3 Å². The van der Waals surface area contributed by atoms with E-state index >= 15 is 0 Å². The number of amides is 1. The number of halogens is 5. The first-order chi connectivity index (χ1) is 15.7. The standard InChI is InChI=1S/C23H12Br2Cl2FNO2S2/c24-16-7-13(8-17(25)21(16)31-11-12-1-3-14(28)4-2-12)9-20-22(30)29(23(32)33-20)15-5-6-18(26)19(27)10-15/h1-10H,11H2/b20-9-. The third kappa shape index (κ3) is 5.63. The minimum absolute atomic E-state index is 0.243. The van der Waals surface area contributed by atoms with Gasteiger partial charge in [0.2, 0.25) is 0 Å². The largest absolute Gasteiger partial charge is 0.487 e. The Morgan fingerprint density at radius 3 is 2.33 bits per heavy atom. The zero-order valence-electron chi connectivity index (χ0n) is 16.5. The number of carbonyl (C=O) groups excluding carboxylic acids is 1. The predicted octanol–water partition coefficient (Wildman–Crippen LogP) is 8.64. The van der Waals surface area contributed by atoms with E-state index in [0.717, 1.165) is 11.1 Å². The fourth-order valence-electron chi connectivity index (χ4n) is 3.00. The van der Waals surface area contributed by atoms with Crippen LogP contribution in [0.3, 0.4) is 0 Å². The predicted molar refractivity (Wildman–Crippen MR) is 145 cm³/mol. The molecule has 4 rings (SSSR count). The molecule has 0 radical (unpaired) electrons. The van der Waals surface area contributed by atoms with Crippen molar-refractivity contribution in [2.24, 2.45) is 0 Å². The Bertz CT molecular complexity index is 1280. The molecule has 33 heavy (non-hydrogen) atoms. The van der Waals surface area contributed by atoms with Gasteiger partial charge in [-0.2, -0.15) is 0 Å². The first kappa shape index (κ1) is 24.7. The lowest BCUT2D eigenvalue weighted by molar-refractivity contribution is -0.113. The normalized spacial score (nSPS) is 14.9. The number of carbonyl (C=O) groups is 1. The summed E-state index contributed by atoms with van der Waals surface area (Å²) in [5.74, 6) is 0.0575. The molecule has 0 unspecified atom stereocenters. The monoisotopic (exact) mass is 645 g/mol. The molecule has 0 saturated carbocycles. The molecular weight excluding hydrogens is 636 g/mol. The van der Waals surface area contributed by atoms with Crippen molar-refractivity contribution >= 4 is 101 Å². The van der Waals surface area contributed by atoms with E-state index in [4.69, 9.17) is 40.2 Å². The Kier molecular flexibility index (Phi) is 7.83. The molecule has 3 aromatic carbocycles. The molecule has 1 saturated heterocycles. The maximum absolute atomic E-state index is 13.1. The second-order valence-electron chi connectivity index (χ2n) is 6.84. The number of thioether (sulfide) groups is 1. The Labute approximate surface area is 226 Å². The van der Waals surface area contributed by atoms with Crippen molar-refractivity contribution < 1.29 is 13.9 Å². The Morgan fingerprint density at radius 2 is 1.70 bits per heavy atom. The van der Waals surface area contributed by atoms with Gasteiger partial charge in [0.25, 0.3) is 5.91 Å². The molecule has 1 aliphatic rings. The lowest BCUT2D eigenvalue weighted by Gasteiger charge is -2.15. The van der Waals surface area contributed by atoms with Crippen molar-refractivity contribution in [3.63, 3.8) is 0 Å². The van der Waals surface area contributed by atoms with E-state index in [1.54, 1.807) is 36.4 Å². The molecule has 1 heterocycles. The van der Waals surface area contributed by atoms with Crippen LogP contribution in [0.5, 0.6) is 5.75 Å². The van der Waals surface area contributed by atoms with Gasteiger partial charge in [0.05, 0.1) is 29.6 Å². The summed E-state index contributed by atoms with van der Waals surface area (Å²) in [7, 11) is 0. The van der Waals surface area contributed by atoms with Gasteiger partial charge < -0.3 is 4.74 Å². The van der Waals surface area contributed by atoms with Crippen LogP contribution in [0.4, 0.5) is 10.1 Å². The Morgan fingerprint density at radius 1 is 1.03 bits per heavy atom. The number of anilines is 1. The smallest absolute Gasteiger partial charge is 0.270 e. The van der Waals surface area contributed by atoms with Gasteiger partial charge in [-0.25, -0.2) is 4.39 Å². The quantitative estimate of drug-likeness (QED) is 0.205. The summed E-state index contributed by atoms with van der Waals surface area (Å²) in [5, 5.41) is 0.745. The van der Waals surface area contributed by atoms with Crippen molar-refractivity contribution in [2.45, 2.75) is 6.61 Å². The molecule has 0 atom stereocenters. The molecule has 168 valence electrons. The van der Waals surface area contributed by atoms with Gasteiger partial charge in [0.1, 0.15) is 18.2 Å². The summed E-state index contributed by atoms with van der Waals surface area (Å²) in [6.45, 7) is 0.277. The highest BCUT2D eigenvalue weighted by atomic mass is 79.9. The van der Waals surface area contributed by atoms with Crippen molar-refractivity contribution in [3.8, 4) is 5.75 Å². The van der Waals surface area contributed by atoms with Crippen LogP contribution in [0.15, 0.2) is 68.4 Å². The average Bonchev–Trinajstić information content (AvgIpc) is 3.03. The van der Waals surface area contributed by atoms with E-state index in [-0.39, 0.29) is 18.3 Å². The second-order valence-corrected chi connectivity index (χ2v) is 11.0. The summed E-state index contributed by atoms with van der Waals surface area (Å²) in [6.07, 6.45) is 1.76. The highest BCUT2D eigenvalue weighted by Crippen LogP contribution is 2.40. The van der Waals surface area contributed by atoms with Crippen molar-refractivity contribution in [3.05, 3.63) is 95.4 Å². The molecule has 0 aromatic heterocycles. The number of thiocarbonyl (C=S) groups is 1. The van der Waals surface area contributed by atoms with Gasteiger partial charge in [0, 0.05) is 0 Å². The minimum atomic E-state index is -0.296. The number of hydrogen-bond donors (Lipinski definition) is 0. The minimum Gasteiger partial charge on any atom is -0.487 e. The number of hydrogen-bond acceptors (Lipinski definition) is 4. The molecule has 0 bridgehead atoms. The van der Waals surface area contributed by atoms with E-state index in [9.17, 15) is 9.18 Å². The maximum atomic E-state index is 13.1. The van der Waals surface area contributed by atoms with Crippen molar-refractivity contribution in [2.75, 3.05) is 4.90 Å². The topological polar surface area (TPSA) is 29.5 Å².